The lowest BCUT2D eigenvalue weighted by Crippen LogP contribution is -2.48. The molecule has 1 aromatic carbocycles. The topological polar surface area (TPSA) is 41.5 Å². The Labute approximate surface area is 119 Å². The molecule has 0 radical (unpaired) electrons. The van der Waals surface area contributed by atoms with Crippen LogP contribution in [0, 0.1) is 11.6 Å². The van der Waals surface area contributed by atoms with Crippen LogP contribution in [0.15, 0.2) is 18.2 Å². The third-order valence-corrected chi connectivity index (χ3v) is 3.50. The van der Waals surface area contributed by atoms with Crippen LogP contribution in [0.1, 0.15) is 33.1 Å². The van der Waals surface area contributed by atoms with Gasteiger partial charge in [-0.1, -0.05) is 19.9 Å². The molecule has 0 saturated heterocycles. The fraction of sp³-hybridized carbons (Fsp3) is 0.600. The van der Waals surface area contributed by atoms with E-state index in [9.17, 15) is 13.9 Å². The highest BCUT2D eigenvalue weighted by atomic mass is 19.2. The van der Waals surface area contributed by atoms with Crippen LogP contribution in [0.3, 0.4) is 0 Å². The number of halogens is 2. The number of aliphatic hydroxyl groups excluding tert-OH is 1. The molecule has 3 nitrogen and oxygen atoms in total. The highest BCUT2D eigenvalue weighted by Gasteiger charge is 2.25. The van der Waals surface area contributed by atoms with E-state index in [2.05, 4.69) is 5.32 Å². The van der Waals surface area contributed by atoms with E-state index in [1.54, 1.807) is 0 Å². The van der Waals surface area contributed by atoms with Gasteiger partial charge in [0.1, 0.15) is 0 Å². The van der Waals surface area contributed by atoms with Crippen molar-refractivity contribution in [2.24, 2.45) is 0 Å². The molecular formula is C15H23F2NO2. The van der Waals surface area contributed by atoms with Crippen molar-refractivity contribution in [3.8, 4) is 5.75 Å². The average Bonchev–Trinajstić information content (AvgIpc) is 2.46. The zero-order valence-electron chi connectivity index (χ0n) is 12.1. The normalized spacial score (nSPS) is 14.1. The van der Waals surface area contributed by atoms with Gasteiger partial charge in [-0.2, -0.15) is 4.39 Å². The van der Waals surface area contributed by atoms with E-state index in [1.807, 2.05) is 13.8 Å². The molecule has 1 atom stereocenters. The number of hydrogen-bond donors (Lipinski definition) is 2. The third kappa shape index (κ3) is 4.42. The molecule has 0 heterocycles. The smallest absolute Gasteiger partial charge is 0.200 e. The van der Waals surface area contributed by atoms with Crippen LogP contribution in [0.2, 0.25) is 0 Å². The zero-order valence-corrected chi connectivity index (χ0v) is 12.1. The van der Waals surface area contributed by atoms with Crippen molar-refractivity contribution in [2.45, 2.75) is 38.6 Å². The monoisotopic (exact) mass is 287 g/mol. The lowest BCUT2D eigenvalue weighted by Gasteiger charge is -2.31. The van der Waals surface area contributed by atoms with Crippen molar-refractivity contribution in [2.75, 3.05) is 19.8 Å². The van der Waals surface area contributed by atoms with Crippen LogP contribution in [-0.4, -0.2) is 30.4 Å². The maximum atomic E-state index is 13.4. The van der Waals surface area contributed by atoms with Crippen LogP contribution >= 0.6 is 0 Å². The molecule has 0 aromatic heterocycles. The Morgan fingerprint density at radius 2 is 2.05 bits per heavy atom. The Balaban J connectivity index is 2.46. The number of nitrogens with one attached hydrogen (secondary N) is 1. The van der Waals surface area contributed by atoms with E-state index in [1.165, 1.54) is 12.1 Å². The predicted molar refractivity (Wildman–Crippen MR) is 74.9 cm³/mol. The van der Waals surface area contributed by atoms with Crippen molar-refractivity contribution in [1.29, 1.82) is 0 Å². The predicted octanol–water partition coefficient (Wildman–Crippen LogP) is 2.87. The third-order valence-electron chi connectivity index (χ3n) is 3.50. The highest BCUT2D eigenvalue weighted by molar-refractivity contribution is 5.24. The molecule has 0 aliphatic rings. The quantitative estimate of drug-likeness (QED) is 0.686. The number of ether oxygens (including phenoxy) is 1. The molecule has 5 heteroatoms. The fourth-order valence-electron chi connectivity index (χ4n) is 2.20. The summed E-state index contributed by atoms with van der Waals surface area (Å²) in [5.41, 5.74) is -0.321. The van der Waals surface area contributed by atoms with Gasteiger partial charge in [-0.05, 0) is 37.9 Å². The lowest BCUT2D eigenvalue weighted by molar-refractivity contribution is 0.139. The van der Waals surface area contributed by atoms with E-state index < -0.39 is 11.6 Å². The maximum absolute atomic E-state index is 13.4. The highest BCUT2D eigenvalue weighted by Crippen LogP contribution is 2.21. The Bertz CT molecular complexity index is 409. The number of benzene rings is 1. The van der Waals surface area contributed by atoms with Gasteiger partial charge in [0.2, 0.25) is 5.82 Å². The van der Waals surface area contributed by atoms with E-state index in [4.69, 9.17) is 4.74 Å². The van der Waals surface area contributed by atoms with Crippen molar-refractivity contribution in [1.82, 2.24) is 5.32 Å². The Morgan fingerprint density at radius 3 is 2.65 bits per heavy atom. The first kappa shape index (κ1) is 16.9. The van der Waals surface area contributed by atoms with Gasteiger partial charge in [0.05, 0.1) is 13.2 Å². The van der Waals surface area contributed by atoms with Gasteiger partial charge in [0, 0.05) is 5.54 Å². The van der Waals surface area contributed by atoms with Crippen LogP contribution in [0.25, 0.3) is 0 Å². The number of aliphatic hydroxyl groups is 1. The summed E-state index contributed by atoms with van der Waals surface area (Å²) in [5, 5.41) is 12.8. The van der Waals surface area contributed by atoms with Gasteiger partial charge in [0.25, 0.3) is 0 Å². The second-order valence-corrected chi connectivity index (χ2v) is 4.83. The minimum absolute atomic E-state index is 0.0473. The van der Waals surface area contributed by atoms with Crippen molar-refractivity contribution in [3.63, 3.8) is 0 Å². The van der Waals surface area contributed by atoms with Crippen LogP contribution in [0.5, 0.6) is 5.75 Å². The second-order valence-electron chi connectivity index (χ2n) is 4.83. The van der Waals surface area contributed by atoms with E-state index >= 15 is 0 Å². The molecule has 0 aliphatic carbocycles. The maximum Gasteiger partial charge on any atom is 0.200 e. The largest absolute Gasteiger partial charge is 0.490 e. The van der Waals surface area contributed by atoms with Crippen molar-refractivity contribution < 1.29 is 18.6 Å². The molecule has 1 aromatic rings. The van der Waals surface area contributed by atoms with Crippen molar-refractivity contribution in [3.05, 3.63) is 29.8 Å². The van der Waals surface area contributed by atoms with Gasteiger partial charge in [-0.15, -0.1) is 0 Å². The van der Waals surface area contributed by atoms with Gasteiger partial charge < -0.3 is 15.2 Å². The summed E-state index contributed by atoms with van der Waals surface area (Å²) in [6.45, 7) is 5.09. The van der Waals surface area contributed by atoms with E-state index in [0.717, 1.165) is 19.0 Å². The van der Waals surface area contributed by atoms with Gasteiger partial charge >= 0.3 is 0 Å². The molecular weight excluding hydrogens is 264 g/mol. The summed E-state index contributed by atoms with van der Waals surface area (Å²) in [4.78, 5) is 0. The van der Waals surface area contributed by atoms with Crippen LogP contribution in [0.4, 0.5) is 8.78 Å². The Morgan fingerprint density at radius 1 is 1.30 bits per heavy atom. The molecule has 114 valence electrons. The second kappa shape index (κ2) is 8.17. The van der Waals surface area contributed by atoms with E-state index in [-0.39, 0.29) is 24.5 Å². The summed E-state index contributed by atoms with van der Waals surface area (Å²) >= 11 is 0. The summed E-state index contributed by atoms with van der Waals surface area (Å²) < 4.78 is 31.6. The summed E-state index contributed by atoms with van der Waals surface area (Å²) in [5.74, 6) is -1.93. The van der Waals surface area contributed by atoms with E-state index in [0.29, 0.717) is 12.8 Å². The first-order valence-corrected chi connectivity index (χ1v) is 7.01. The Hall–Kier alpha value is -1.20. The molecule has 1 rings (SSSR count). The summed E-state index contributed by atoms with van der Waals surface area (Å²) in [6, 6.07) is 3.87. The SMILES string of the molecule is CCNC(CC)(CO)CCCOc1cccc(F)c1F. The fourth-order valence-corrected chi connectivity index (χ4v) is 2.20. The van der Waals surface area contributed by atoms with Gasteiger partial charge in [-0.25, -0.2) is 4.39 Å². The summed E-state index contributed by atoms with van der Waals surface area (Å²) in [7, 11) is 0. The van der Waals surface area contributed by atoms with Gasteiger partial charge in [0.15, 0.2) is 11.6 Å². The van der Waals surface area contributed by atoms with Crippen LogP contribution < -0.4 is 10.1 Å². The van der Waals surface area contributed by atoms with Crippen molar-refractivity contribution >= 4 is 0 Å². The summed E-state index contributed by atoms with van der Waals surface area (Å²) in [6.07, 6.45) is 2.16. The molecule has 20 heavy (non-hydrogen) atoms. The molecule has 0 bridgehead atoms. The molecule has 0 aliphatic heterocycles. The minimum Gasteiger partial charge on any atom is -0.490 e. The molecule has 1 unspecified atom stereocenters. The number of rotatable bonds is 9. The lowest BCUT2D eigenvalue weighted by atomic mass is 9.91. The first-order valence-electron chi connectivity index (χ1n) is 7.01. The average molecular weight is 287 g/mol. The standard InChI is InChI=1S/C15H23F2NO2/c1-3-15(11-19,18-4-2)9-6-10-20-13-8-5-7-12(16)14(13)17/h5,7-8,18-19H,3-4,6,9-11H2,1-2H3. The number of hydrogen-bond acceptors (Lipinski definition) is 3. The molecule has 0 saturated carbocycles. The minimum atomic E-state index is -0.955. The van der Waals surface area contributed by atoms with Gasteiger partial charge in [-0.3, -0.25) is 0 Å². The van der Waals surface area contributed by atoms with Crippen LogP contribution in [-0.2, 0) is 0 Å². The first-order chi connectivity index (χ1) is 9.58. The number of likely N-dealkylation sites (N-methyl/N-ethyl adjacent to an activating group) is 1. The Kier molecular flexibility index (Phi) is 6.88. The molecule has 0 amide bonds. The molecule has 2 N–H and O–H groups in total. The molecule has 0 spiro atoms. The zero-order chi connectivity index (χ0) is 15.0. The molecule has 0 fully saturated rings.